The molecule has 3 aliphatic rings. The van der Waals surface area contributed by atoms with Crippen molar-refractivity contribution in [3.8, 4) is 11.3 Å². The first kappa shape index (κ1) is 15.8. The quantitative estimate of drug-likeness (QED) is 0.922. The Morgan fingerprint density at radius 3 is 2.54 bits per heavy atom. The molecule has 0 spiro atoms. The molecule has 5 rings (SSSR count). The maximum Gasteiger partial charge on any atom is 0.228 e. The number of benzene rings is 1. The standard InChI is InChI=1S/C21H24N4O/c1-13-9-12-25(13)20-23-17-4-2-3-16(17)18(24-20)14-5-7-15(8-6-14)21(10-11-21)19(22)26/h5-8,13H,2-4,9-12H2,1H3,(H2,22,26)/t13-/m0/s1. The van der Waals surface area contributed by atoms with Crippen LogP contribution in [0.15, 0.2) is 24.3 Å². The Hall–Kier alpha value is -2.43. The first-order valence-electron chi connectivity index (χ1n) is 9.66. The summed E-state index contributed by atoms with van der Waals surface area (Å²) in [6.45, 7) is 3.27. The molecule has 0 radical (unpaired) electrons. The van der Waals surface area contributed by atoms with Gasteiger partial charge < -0.3 is 10.6 Å². The zero-order chi connectivity index (χ0) is 17.9. The van der Waals surface area contributed by atoms with E-state index >= 15 is 0 Å². The van der Waals surface area contributed by atoms with E-state index < -0.39 is 5.41 Å². The summed E-state index contributed by atoms with van der Waals surface area (Å²) in [5.74, 6) is 0.668. The van der Waals surface area contributed by atoms with Crippen LogP contribution in [0.4, 0.5) is 5.95 Å². The lowest BCUT2D eigenvalue weighted by Crippen LogP contribution is -2.46. The molecule has 2 fully saturated rings. The van der Waals surface area contributed by atoms with Gasteiger partial charge in [0.05, 0.1) is 11.1 Å². The van der Waals surface area contributed by atoms with E-state index in [9.17, 15) is 4.79 Å². The smallest absolute Gasteiger partial charge is 0.228 e. The van der Waals surface area contributed by atoms with Gasteiger partial charge in [-0.15, -0.1) is 0 Å². The molecule has 2 N–H and O–H groups in total. The van der Waals surface area contributed by atoms with Crippen molar-refractivity contribution in [1.82, 2.24) is 9.97 Å². The summed E-state index contributed by atoms with van der Waals surface area (Å²) >= 11 is 0. The number of nitrogens with two attached hydrogens (primary N) is 1. The van der Waals surface area contributed by atoms with Gasteiger partial charge in [0.2, 0.25) is 11.9 Å². The van der Waals surface area contributed by atoms with Gasteiger partial charge in [-0.25, -0.2) is 9.97 Å². The maximum atomic E-state index is 11.8. The molecule has 5 nitrogen and oxygen atoms in total. The highest BCUT2D eigenvalue weighted by Crippen LogP contribution is 2.48. The second-order valence-electron chi connectivity index (χ2n) is 8.01. The van der Waals surface area contributed by atoms with E-state index in [-0.39, 0.29) is 5.91 Å². The van der Waals surface area contributed by atoms with Gasteiger partial charge >= 0.3 is 0 Å². The summed E-state index contributed by atoms with van der Waals surface area (Å²) in [7, 11) is 0. The first-order chi connectivity index (χ1) is 12.6. The second-order valence-corrected chi connectivity index (χ2v) is 8.01. The van der Waals surface area contributed by atoms with Crippen molar-refractivity contribution in [2.75, 3.05) is 11.4 Å². The average molecular weight is 348 g/mol. The number of hydrogen-bond donors (Lipinski definition) is 1. The molecule has 1 saturated carbocycles. The van der Waals surface area contributed by atoms with Crippen LogP contribution < -0.4 is 10.6 Å². The zero-order valence-electron chi connectivity index (χ0n) is 15.2. The van der Waals surface area contributed by atoms with Crippen molar-refractivity contribution in [3.05, 3.63) is 41.1 Å². The number of fused-ring (bicyclic) bond motifs is 1. The predicted octanol–water partition coefficient (Wildman–Crippen LogP) is 2.75. The van der Waals surface area contributed by atoms with Gasteiger partial charge in [0, 0.05) is 29.4 Å². The third-order valence-corrected chi connectivity index (χ3v) is 6.43. The maximum absolute atomic E-state index is 11.8. The summed E-state index contributed by atoms with van der Waals surface area (Å²) in [5, 5.41) is 0. The number of carbonyl (C=O) groups is 1. The fourth-order valence-corrected chi connectivity index (χ4v) is 4.35. The van der Waals surface area contributed by atoms with Crippen LogP contribution in [0.3, 0.4) is 0 Å². The molecule has 0 bridgehead atoms. The summed E-state index contributed by atoms with van der Waals surface area (Å²) in [5.41, 5.74) is 10.9. The first-order valence-corrected chi connectivity index (χ1v) is 9.66. The number of aryl methyl sites for hydroxylation is 1. The van der Waals surface area contributed by atoms with E-state index in [1.165, 1.54) is 17.7 Å². The van der Waals surface area contributed by atoms with Crippen LogP contribution in [0.5, 0.6) is 0 Å². The summed E-state index contributed by atoms with van der Waals surface area (Å²) in [6, 6.07) is 8.84. The lowest BCUT2D eigenvalue weighted by Gasteiger charge is -2.39. The molecule has 2 aromatic rings. The van der Waals surface area contributed by atoms with E-state index in [1.54, 1.807) is 0 Å². The van der Waals surface area contributed by atoms with Crippen molar-refractivity contribution in [2.45, 2.75) is 56.9 Å². The number of primary amides is 1. The van der Waals surface area contributed by atoms with Crippen molar-refractivity contribution in [3.63, 3.8) is 0 Å². The molecule has 1 amide bonds. The van der Waals surface area contributed by atoms with Crippen LogP contribution in [0.1, 0.15) is 49.4 Å². The number of nitrogens with zero attached hydrogens (tertiary/aromatic N) is 3. The summed E-state index contributed by atoms with van der Waals surface area (Å²) < 4.78 is 0. The van der Waals surface area contributed by atoms with Crippen molar-refractivity contribution >= 4 is 11.9 Å². The highest BCUT2D eigenvalue weighted by atomic mass is 16.1. The normalized spacial score (nSPS) is 22.7. The molecule has 26 heavy (non-hydrogen) atoms. The van der Waals surface area contributed by atoms with Crippen molar-refractivity contribution in [1.29, 1.82) is 0 Å². The van der Waals surface area contributed by atoms with E-state index in [4.69, 9.17) is 15.7 Å². The SMILES string of the molecule is C[C@H]1CCN1c1nc2c(c(-c3ccc(C4(C(N)=O)CC4)cc3)n1)CCC2. The Balaban J connectivity index is 1.54. The Labute approximate surface area is 153 Å². The Morgan fingerprint density at radius 2 is 1.96 bits per heavy atom. The molecule has 0 unspecified atom stereocenters. The van der Waals surface area contributed by atoms with E-state index in [1.807, 2.05) is 0 Å². The highest BCUT2D eigenvalue weighted by Gasteiger charge is 2.49. The minimum Gasteiger partial charge on any atom is -0.369 e. The van der Waals surface area contributed by atoms with Crippen molar-refractivity contribution in [2.24, 2.45) is 5.73 Å². The Morgan fingerprint density at radius 1 is 1.19 bits per heavy atom. The third-order valence-electron chi connectivity index (χ3n) is 6.43. The van der Waals surface area contributed by atoms with E-state index in [0.717, 1.165) is 61.4 Å². The van der Waals surface area contributed by atoms with Gasteiger partial charge in [0.15, 0.2) is 0 Å². The lowest BCUT2D eigenvalue weighted by atomic mass is 9.93. The number of amides is 1. The van der Waals surface area contributed by atoms with Crippen LogP contribution in [0.25, 0.3) is 11.3 Å². The number of rotatable bonds is 4. The number of carbonyl (C=O) groups excluding carboxylic acids is 1. The minimum atomic E-state index is -0.426. The molecular weight excluding hydrogens is 324 g/mol. The third kappa shape index (κ3) is 2.26. The molecule has 1 aliphatic heterocycles. The fourth-order valence-electron chi connectivity index (χ4n) is 4.35. The van der Waals surface area contributed by atoms with Crippen LogP contribution >= 0.6 is 0 Å². The largest absolute Gasteiger partial charge is 0.369 e. The lowest BCUT2D eigenvalue weighted by molar-refractivity contribution is -0.120. The molecule has 1 atom stereocenters. The number of anilines is 1. The molecular formula is C21H24N4O. The van der Waals surface area contributed by atoms with Crippen LogP contribution in [0, 0.1) is 0 Å². The van der Waals surface area contributed by atoms with Crippen LogP contribution in [-0.4, -0.2) is 28.5 Å². The number of aromatic nitrogens is 2. The van der Waals surface area contributed by atoms with Gasteiger partial charge in [-0.3, -0.25) is 4.79 Å². The van der Waals surface area contributed by atoms with Crippen molar-refractivity contribution < 1.29 is 4.79 Å². The zero-order valence-corrected chi connectivity index (χ0v) is 15.2. The molecule has 2 heterocycles. The molecule has 1 saturated heterocycles. The minimum absolute atomic E-state index is 0.206. The summed E-state index contributed by atoms with van der Waals surface area (Å²) in [4.78, 5) is 23.9. The predicted molar refractivity (Wildman–Crippen MR) is 101 cm³/mol. The fraction of sp³-hybridized carbons (Fsp3) is 0.476. The van der Waals surface area contributed by atoms with Crippen LogP contribution in [0.2, 0.25) is 0 Å². The Kier molecular flexibility index (Phi) is 3.36. The topological polar surface area (TPSA) is 72.1 Å². The van der Waals surface area contributed by atoms with Crippen LogP contribution in [-0.2, 0) is 23.1 Å². The summed E-state index contributed by atoms with van der Waals surface area (Å²) in [6.07, 6.45) is 6.18. The average Bonchev–Trinajstić information content (AvgIpc) is 3.32. The Bertz CT molecular complexity index is 886. The van der Waals surface area contributed by atoms with Gasteiger partial charge in [0.25, 0.3) is 0 Å². The molecule has 1 aromatic carbocycles. The monoisotopic (exact) mass is 348 g/mol. The molecule has 1 aromatic heterocycles. The molecule has 2 aliphatic carbocycles. The highest BCUT2D eigenvalue weighted by molar-refractivity contribution is 5.90. The van der Waals surface area contributed by atoms with Gasteiger partial charge in [-0.2, -0.15) is 0 Å². The molecule has 134 valence electrons. The number of hydrogen-bond acceptors (Lipinski definition) is 4. The second kappa shape index (κ2) is 5.53. The van der Waals surface area contributed by atoms with E-state index in [2.05, 4.69) is 36.1 Å². The molecule has 5 heteroatoms. The van der Waals surface area contributed by atoms with Gasteiger partial charge in [-0.1, -0.05) is 24.3 Å². The van der Waals surface area contributed by atoms with E-state index in [0.29, 0.717) is 6.04 Å². The van der Waals surface area contributed by atoms with Gasteiger partial charge in [-0.05, 0) is 51.0 Å². The van der Waals surface area contributed by atoms with Gasteiger partial charge in [0.1, 0.15) is 0 Å².